The van der Waals surface area contributed by atoms with Gasteiger partial charge in [0.05, 0.1) is 38.2 Å². The number of aliphatic hydroxyl groups is 4. The lowest BCUT2D eigenvalue weighted by Gasteiger charge is -2.44. The summed E-state index contributed by atoms with van der Waals surface area (Å²) in [6.07, 6.45) is -9.42. The van der Waals surface area contributed by atoms with Crippen molar-refractivity contribution in [2.75, 3.05) is 11.9 Å². The monoisotopic (exact) mass is 695 g/mol. The van der Waals surface area contributed by atoms with Crippen LogP contribution in [0.4, 0.5) is 5.69 Å². The predicted octanol–water partition coefficient (Wildman–Crippen LogP) is 3.79. The summed E-state index contributed by atoms with van der Waals surface area (Å²) in [6, 6.07) is 37.0. The zero-order chi connectivity index (χ0) is 35.6. The Bertz CT molecular complexity index is 1700. The Hall–Kier alpha value is -4.12. The van der Waals surface area contributed by atoms with Gasteiger partial charge in [0.2, 0.25) is 0 Å². The van der Waals surface area contributed by atoms with Gasteiger partial charge in [0, 0.05) is 5.56 Å². The number of anilines is 1. The first-order valence-electron chi connectivity index (χ1n) is 17.2. The molecule has 4 aromatic rings. The van der Waals surface area contributed by atoms with Gasteiger partial charge in [-0.3, -0.25) is 0 Å². The summed E-state index contributed by atoms with van der Waals surface area (Å²) in [6.45, 7) is 2.41. The van der Waals surface area contributed by atoms with Gasteiger partial charge in [-0.15, -0.1) is 0 Å². The quantitative estimate of drug-likeness (QED) is 0.139. The Balaban J connectivity index is 1.29. The fourth-order valence-corrected chi connectivity index (χ4v) is 6.27. The molecule has 0 amide bonds. The number of hydrogen-bond acceptors (Lipinski definition) is 10. The van der Waals surface area contributed by atoms with E-state index >= 15 is 0 Å². The van der Waals surface area contributed by atoms with E-state index in [9.17, 15) is 20.4 Å². The van der Waals surface area contributed by atoms with Crippen molar-refractivity contribution in [1.29, 1.82) is 0 Å². The molecule has 0 aromatic heterocycles. The zero-order valence-electron chi connectivity index (χ0n) is 28.4. The highest BCUT2D eigenvalue weighted by molar-refractivity contribution is 5.59. The molecular weight excluding hydrogens is 650 g/mol. The fraction of sp³-hybridized carbons (Fsp3) is 0.366. The van der Waals surface area contributed by atoms with Crippen LogP contribution in [-0.2, 0) is 43.5 Å². The normalized spacial score (nSPS) is 29.1. The summed E-state index contributed by atoms with van der Waals surface area (Å²) in [7, 11) is 0. The van der Waals surface area contributed by atoms with E-state index in [2.05, 4.69) is 17.2 Å². The molecule has 10 atom stereocenters. The number of hydrogen-bond donors (Lipinski definition) is 5. The Kier molecular flexibility index (Phi) is 12.9. The third kappa shape index (κ3) is 9.41. The minimum absolute atomic E-state index is 0.299. The number of benzene rings is 4. The van der Waals surface area contributed by atoms with Gasteiger partial charge in [-0.2, -0.15) is 0 Å². The number of ether oxygens (including phenoxy) is 5. The van der Waals surface area contributed by atoms with Crippen LogP contribution < -0.4 is 5.32 Å². The maximum atomic E-state index is 10.6. The number of para-hydroxylation sites is 1. The average Bonchev–Trinajstić information content (AvgIpc) is 3.17. The molecule has 1 unspecified atom stereocenters. The maximum absolute atomic E-state index is 10.6. The van der Waals surface area contributed by atoms with Crippen LogP contribution in [0.5, 0.6) is 0 Å². The Morgan fingerprint density at radius 2 is 1.12 bits per heavy atom. The second-order valence-electron chi connectivity index (χ2n) is 12.8. The minimum atomic E-state index is -1.52. The molecule has 268 valence electrons. The van der Waals surface area contributed by atoms with Gasteiger partial charge in [-0.05, 0) is 35.7 Å². The van der Waals surface area contributed by atoms with Gasteiger partial charge < -0.3 is 49.4 Å². The van der Waals surface area contributed by atoms with E-state index in [4.69, 9.17) is 23.7 Å². The molecule has 2 fully saturated rings. The predicted molar refractivity (Wildman–Crippen MR) is 190 cm³/mol. The molecule has 6 rings (SSSR count). The van der Waals surface area contributed by atoms with E-state index in [1.807, 2.05) is 104 Å². The van der Waals surface area contributed by atoms with Crippen LogP contribution in [0.1, 0.15) is 29.2 Å². The van der Waals surface area contributed by atoms with Crippen molar-refractivity contribution in [3.63, 3.8) is 0 Å². The standard InChI is InChI=1S/C41H45NO9/c1-27-38(47-24-28-13-5-2-6-14-28)40(49-26-30-17-9-4-10-18-30)39(48-25-29-15-7-3-8-16-29)33(50-27)22-21-31-19-11-12-20-32(31)42-41-37(46)36(45)35(44)34(23-43)51-41/h2-20,27,33-46H,23-26H2,1H3/t27-,33?,34+,35-,36-,37+,38+,39+,40+,41+/m0/s1. The summed E-state index contributed by atoms with van der Waals surface area (Å²) in [5, 5.41) is 44.0. The third-order valence-electron chi connectivity index (χ3n) is 9.09. The molecule has 2 aliphatic rings. The van der Waals surface area contributed by atoms with Gasteiger partial charge in [0.15, 0.2) is 6.23 Å². The maximum Gasteiger partial charge on any atom is 0.157 e. The molecular formula is C41H45NO9. The lowest BCUT2D eigenvalue weighted by molar-refractivity contribution is -0.249. The molecule has 10 heteroatoms. The van der Waals surface area contributed by atoms with E-state index in [1.165, 1.54) is 0 Å². The first-order valence-corrected chi connectivity index (χ1v) is 17.2. The van der Waals surface area contributed by atoms with E-state index in [0.29, 0.717) is 31.1 Å². The molecule has 51 heavy (non-hydrogen) atoms. The zero-order valence-corrected chi connectivity index (χ0v) is 28.4. The topological polar surface area (TPSA) is 139 Å². The molecule has 5 N–H and O–H groups in total. The van der Waals surface area contributed by atoms with Crippen molar-refractivity contribution in [2.45, 2.75) is 87.9 Å². The highest BCUT2D eigenvalue weighted by atomic mass is 16.6. The second kappa shape index (κ2) is 17.9. The number of nitrogens with one attached hydrogen (secondary N) is 1. The Morgan fingerprint density at radius 1 is 0.608 bits per heavy atom. The van der Waals surface area contributed by atoms with Crippen molar-refractivity contribution < 1.29 is 44.1 Å². The largest absolute Gasteiger partial charge is 0.394 e. The number of rotatable bonds is 12. The van der Waals surface area contributed by atoms with Gasteiger partial charge in [-0.1, -0.05) is 115 Å². The van der Waals surface area contributed by atoms with Crippen LogP contribution in [0.15, 0.2) is 115 Å². The Morgan fingerprint density at radius 3 is 1.69 bits per heavy atom. The van der Waals surface area contributed by atoms with Crippen LogP contribution in [0.3, 0.4) is 0 Å². The molecule has 2 heterocycles. The molecule has 4 aromatic carbocycles. The molecule has 0 aliphatic carbocycles. The van der Waals surface area contributed by atoms with E-state index in [1.54, 1.807) is 18.2 Å². The van der Waals surface area contributed by atoms with Crippen molar-refractivity contribution in [1.82, 2.24) is 0 Å². The van der Waals surface area contributed by atoms with Gasteiger partial charge in [0.25, 0.3) is 0 Å². The van der Waals surface area contributed by atoms with Crippen LogP contribution in [0.25, 0.3) is 0 Å². The Labute approximate surface area is 298 Å². The van der Waals surface area contributed by atoms with Crippen molar-refractivity contribution in [3.8, 4) is 11.8 Å². The lowest BCUT2D eigenvalue weighted by atomic mass is 9.94. The van der Waals surface area contributed by atoms with Crippen molar-refractivity contribution in [2.24, 2.45) is 0 Å². The molecule has 2 aliphatic heterocycles. The molecule has 0 spiro atoms. The van der Waals surface area contributed by atoms with Gasteiger partial charge in [0.1, 0.15) is 48.8 Å². The summed E-state index contributed by atoms with van der Waals surface area (Å²) in [5.74, 6) is 6.53. The van der Waals surface area contributed by atoms with Crippen LogP contribution in [0, 0.1) is 11.8 Å². The molecule has 10 nitrogen and oxygen atoms in total. The summed E-state index contributed by atoms with van der Waals surface area (Å²) in [5.41, 5.74) is 4.10. The smallest absolute Gasteiger partial charge is 0.157 e. The SMILES string of the molecule is C[C@@H]1OC(C#Cc2ccccc2N[C@@H]2O[C@H](CO)[C@H](O)[C@H](O)[C@H]2O)[C@@H](OCc2ccccc2)[C@H](OCc2ccccc2)[C@@H]1OCc1ccccc1. The highest BCUT2D eigenvalue weighted by Crippen LogP contribution is 2.31. The minimum Gasteiger partial charge on any atom is -0.394 e. The van der Waals surface area contributed by atoms with Crippen molar-refractivity contribution in [3.05, 3.63) is 138 Å². The second-order valence-corrected chi connectivity index (χ2v) is 12.8. The van der Waals surface area contributed by atoms with Crippen LogP contribution >= 0.6 is 0 Å². The van der Waals surface area contributed by atoms with Crippen LogP contribution in [0.2, 0.25) is 0 Å². The highest BCUT2D eigenvalue weighted by Gasteiger charge is 2.47. The van der Waals surface area contributed by atoms with E-state index in [0.717, 1.165) is 16.7 Å². The summed E-state index contributed by atoms with van der Waals surface area (Å²) < 4.78 is 32.1. The van der Waals surface area contributed by atoms with Gasteiger partial charge >= 0.3 is 0 Å². The van der Waals surface area contributed by atoms with Crippen LogP contribution in [-0.4, -0.2) is 88.2 Å². The van der Waals surface area contributed by atoms with Gasteiger partial charge in [-0.25, -0.2) is 0 Å². The first kappa shape index (κ1) is 36.7. The molecule has 0 saturated carbocycles. The fourth-order valence-electron chi connectivity index (χ4n) is 6.27. The lowest BCUT2D eigenvalue weighted by Crippen LogP contribution is -2.60. The van der Waals surface area contributed by atoms with Crippen molar-refractivity contribution >= 4 is 5.69 Å². The van der Waals surface area contributed by atoms with E-state index < -0.39 is 67.8 Å². The number of aliphatic hydroxyl groups excluding tert-OH is 4. The molecule has 0 radical (unpaired) electrons. The molecule has 2 saturated heterocycles. The third-order valence-corrected chi connectivity index (χ3v) is 9.09. The molecule has 0 bridgehead atoms. The average molecular weight is 696 g/mol. The van der Waals surface area contributed by atoms with E-state index in [-0.39, 0.29) is 0 Å². The summed E-state index contributed by atoms with van der Waals surface area (Å²) in [4.78, 5) is 0. The summed E-state index contributed by atoms with van der Waals surface area (Å²) >= 11 is 0. The first-order chi connectivity index (χ1) is 24.9.